The van der Waals surface area contributed by atoms with Gasteiger partial charge in [-0.15, -0.1) is 0 Å². The molecule has 0 amide bonds. The zero-order valence-corrected chi connectivity index (χ0v) is 16.9. The highest BCUT2D eigenvalue weighted by Gasteiger charge is 2.36. The molecule has 0 aromatic carbocycles. The molecule has 1 aliphatic heterocycles. The van der Waals surface area contributed by atoms with E-state index in [0.717, 1.165) is 18.1 Å². The zero-order chi connectivity index (χ0) is 22.0. The fourth-order valence-corrected chi connectivity index (χ4v) is 3.16. The first-order valence-corrected chi connectivity index (χ1v) is 9.69. The number of nitrogens with one attached hydrogen (secondary N) is 3. The summed E-state index contributed by atoms with van der Waals surface area (Å²) in [6.07, 6.45) is 2.27. The Morgan fingerprint density at radius 1 is 1.16 bits per heavy atom. The van der Waals surface area contributed by atoms with E-state index in [4.69, 9.17) is 0 Å². The van der Waals surface area contributed by atoms with E-state index < -0.39 is 24.3 Å². The van der Waals surface area contributed by atoms with E-state index >= 15 is 0 Å². The molecule has 164 valence electrons. The molecule has 4 rings (SSSR count). The van der Waals surface area contributed by atoms with Crippen molar-refractivity contribution in [3.8, 4) is 0 Å². The number of hydrogen-bond donors (Lipinski definition) is 3. The average molecular weight is 434 g/mol. The predicted octanol–water partition coefficient (Wildman–Crippen LogP) is 2.98. The molecule has 0 unspecified atom stereocenters. The summed E-state index contributed by atoms with van der Waals surface area (Å²) in [6, 6.07) is 1.28. The lowest BCUT2D eigenvalue weighted by Crippen LogP contribution is -2.43. The summed E-state index contributed by atoms with van der Waals surface area (Å²) in [7, 11) is 0. The highest BCUT2D eigenvalue weighted by Crippen LogP contribution is 2.29. The van der Waals surface area contributed by atoms with E-state index in [1.165, 1.54) is 4.90 Å². The summed E-state index contributed by atoms with van der Waals surface area (Å²) >= 11 is 0. The van der Waals surface area contributed by atoms with Crippen LogP contribution in [0.25, 0.3) is 0 Å². The molecule has 0 radical (unpaired) electrons. The number of halogens is 3. The first-order valence-electron chi connectivity index (χ1n) is 9.69. The summed E-state index contributed by atoms with van der Waals surface area (Å²) in [5.41, 5.74) is 0.827. The van der Waals surface area contributed by atoms with Crippen LogP contribution < -0.4 is 15.5 Å². The largest absolute Gasteiger partial charge is 0.344 e. The highest BCUT2D eigenvalue weighted by atomic mass is 19.3. The number of anilines is 4. The van der Waals surface area contributed by atoms with Crippen LogP contribution in [0, 0.1) is 12.7 Å². The standard InChI is InChI=1S/C18H21F3N10/c1-10-6-13(30-29-10)25-16-26-15(24-11(2)14-22-7-12(19)8-23-14)27-17(28-16)31-5-3-4-18(20,21)9-31/h6-8,11H,3-5,9H2,1-2H3,(H3,24,25,26,27,28,29,30)/t11-/m0/s1. The quantitative estimate of drug-likeness (QED) is 0.538. The van der Waals surface area contributed by atoms with Gasteiger partial charge in [0.05, 0.1) is 25.0 Å². The van der Waals surface area contributed by atoms with Crippen molar-refractivity contribution in [1.82, 2.24) is 35.1 Å². The first-order chi connectivity index (χ1) is 14.8. The van der Waals surface area contributed by atoms with Crippen LogP contribution in [0.15, 0.2) is 18.5 Å². The molecule has 10 nitrogen and oxygen atoms in total. The minimum Gasteiger partial charge on any atom is -0.344 e. The number of nitrogens with zero attached hydrogens (tertiary/aromatic N) is 7. The first kappa shape index (κ1) is 20.8. The van der Waals surface area contributed by atoms with Gasteiger partial charge >= 0.3 is 0 Å². The van der Waals surface area contributed by atoms with Crippen LogP contribution in [-0.4, -0.2) is 54.1 Å². The van der Waals surface area contributed by atoms with E-state index in [1.54, 1.807) is 13.0 Å². The van der Waals surface area contributed by atoms with Gasteiger partial charge in [-0.25, -0.2) is 23.1 Å². The summed E-state index contributed by atoms with van der Waals surface area (Å²) in [6.45, 7) is 3.50. The van der Waals surface area contributed by atoms with Gasteiger partial charge in [-0.1, -0.05) is 0 Å². The van der Waals surface area contributed by atoms with Crippen molar-refractivity contribution in [2.45, 2.75) is 38.7 Å². The van der Waals surface area contributed by atoms with E-state index in [0.29, 0.717) is 24.6 Å². The van der Waals surface area contributed by atoms with E-state index in [1.807, 2.05) is 6.92 Å². The number of piperidine rings is 1. The van der Waals surface area contributed by atoms with E-state index in [9.17, 15) is 13.2 Å². The Morgan fingerprint density at radius 2 is 1.90 bits per heavy atom. The lowest BCUT2D eigenvalue weighted by molar-refractivity contribution is -0.0120. The molecule has 1 saturated heterocycles. The SMILES string of the molecule is Cc1cc(Nc2nc(N[C@@H](C)c3ncc(F)cn3)nc(N3CCCC(F)(F)C3)n2)n[nH]1. The monoisotopic (exact) mass is 434 g/mol. The number of alkyl halides is 2. The molecule has 0 spiro atoms. The topological polar surface area (TPSA) is 120 Å². The van der Waals surface area contributed by atoms with Crippen LogP contribution in [0.3, 0.4) is 0 Å². The van der Waals surface area contributed by atoms with Crippen molar-refractivity contribution >= 4 is 23.7 Å². The molecule has 31 heavy (non-hydrogen) atoms. The van der Waals surface area contributed by atoms with Crippen LogP contribution in [0.1, 0.15) is 37.3 Å². The van der Waals surface area contributed by atoms with Crippen LogP contribution in [0.5, 0.6) is 0 Å². The van der Waals surface area contributed by atoms with Gasteiger partial charge in [0.15, 0.2) is 11.6 Å². The maximum Gasteiger partial charge on any atom is 0.265 e. The number of rotatable bonds is 6. The molecule has 3 aromatic heterocycles. The number of H-pyrrole nitrogens is 1. The van der Waals surface area contributed by atoms with Gasteiger partial charge in [0.2, 0.25) is 17.8 Å². The molecule has 13 heteroatoms. The Bertz CT molecular complexity index is 1040. The molecule has 3 N–H and O–H groups in total. The van der Waals surface area contributed by atoms with Gasteiger partial charge in [-0.05, 0) is 20.3 Å². The second-order valence-corrected chi connectivity index (χ2v) is 7.35. The second kappa shape index (κ2) is 8.32. The van der Waals surface area contributed by atoms with Crippen molar-refractivity contribution < 1.29 is 13.2 Å². The van der Waals surface area contributed by atoms with Crippen LogP contribution in [0.2, 0.25) is 0 Å². The molecule has 1 aliphatic rings. The molecule has 3 aromatic rings. The van der Waals surface area contributed by atoms with Crippen LogP contribution in [0.4, 0.5) is 36.8 Å². The number of aromatic nitrogens is 7. The van der Waals surface area contributed by atoms with Gasteiger partial charge < -0.3 is 15.5 Å². The van der Waals surface area contributed by atoms with Crippen molar-refractivity contribution in [3.63, 3.8) is 0 Å². The molecule has 0 bridgehead atoms. The van der Waals surface area contributed by atoms with Gasteiger partial charge in [0.25, 0.3) is 5.92 Å². The van der Waals surface area contributed by atoms with Gasteiger partial charge in [-0.2, -0.15) is 20.1 Å². The van der Waals surface area contributed by atoms with Crippen molar-refractivity contribution in [2.75, 3.05) is 28.6 Å². The third-order valence-electron chi connectivity index (χ3n) is 4.62. The average Bonchev–Trinajstić information content (AvgIpc) is 3.12. The molecule has 1 atom stereocenters. The molecule has 0 saturated carbocycles. The summed E-state index contributed by atoms with van der Waals surface area (Å²) in [4.78, 5) is 22.2. The normalized spacial score (nSPS) is 16.7. The Labute approximate surface area is 175 Å². The predicted molar refractivity (Wildman–Crippen MR) is 107 cm³/mol. The third-order valence-corrected chi connectivity index (χ3v) is 4.62. The van der Waals surface area contributed by atoms with Crippen LogP contribution >= 0.6 is 0 Å². The minimum absolute atomic E-state index is 0.110. The molecule has 4 heterocycles. The minimum atomic E-state index is -2.82. The third kappa shape index (κ3) is 5.16. The Morgan fingerprint density at radius 3 is 2.58 bits per heavy atom. The number of aryl methyl sites for hydroxylation is 1. The maximum absolute atomic E-state index is 13.9. The summed E-state index contributed by atoms with van der Waals surface area (Å²) < 4.78 is 41.0. The fraction of sp³-hybridized carbons (Fsp3) is 0.444. The van der Waals surface area contributed by atoms with Gasteiger partial charge in [0.1, 0.15) is 5.82 Å². The summed E-state index contributed by atoms with van der Waals surface area (Å²) in [5, 5.41) is 12.8. The molecular formula is C18H21F3N10. The smallest absolute Gasteiger partial charge is 0.265 e. The van der Waals surface area contributed by atoms with Gasteiger partial charge in [-0.3, -0.25) is 5.10 Å². The van der Waals surface area contributed by atoms with Gasteiger partial charge in [0, 0.05) is 24.7 Å². The summed E-state index contributed by atoms with van der Waals surface area (Å²) in [5.74, 6) is -2.19. The Kier molecular flexibility index (Phi) is 5.57. The lowest BCUT2D eigenvalue weighted by atomic mass is 10.1. The zero-order valence-electron chi connectivity index (χ0n) is 16.9. The number of aromatic amines is 1. The Hall–Kier alpha value is -3.51. The lowest BCUT2D eigenvalue weighted by Gasteiger charge is -2.32. The van der Waals surface area contributed by atoms with Crippen LogP contribution in [-0.2, 0) is 0 Å². The van der Waals surface area contributed by atoms with E-state index in [2.05, 4.69) is 45.8 Å². The maximum atomic E-state index is 13.9. The molecule has 1 fully saturated rings. The molecular weight excluding hydrogens is 413 g/mol. The number of hydrogen-bond acceptors (Lipinski definition) is 9. The second-order valence-electron chi connectivity index (χ2n) is 7.35. The highest BCUT2D eigenvalue weighted by molar-refractivity contribution is 5.52. The van der Waals surface area contributed by atoms with E-state index in [-0.39, 0.29) is 24.3 Å². The molecule has 0 aliphatic carbocycles. The fourth-order valence-electron chi connectivity index (χ4n) is 3.16. The van der Waals surface area contributed by atoms with Crippen molar-refractivity contribution in [1.29, 1.82) is 0 Å². The van der Waals surface area contributed by atoms with Crippen molar-refractivity contribution in [3.05, 3.63) is 35.8 Å². The van der Waals surface area contributed by atoms with Crippen molar-refractivity contribution in [2.24, 2.45) is 0 Å². The Balaban J connectivity index is 1.62.